The van der Waals surface area contributed by atoms with E-state index in [0.717, 1.165) is 4.47 Å². The van der Waals surface area contributed by atoms with E-state index in [1.165, 1.54) is 11.8 Å². The summed E-state index contributed by atoms with van der Waals surface area (Å²) < 4.78 is 0.723. The summed E-state index contributed by atoms with van der Waals surface area (Å²) in [6, 6.07) is 15.9. The fourth-order valence-electron chi connectivity index (χ4n) is 2.06. The molecule has 0 spiro atoms. The van der Waals surface area contributed by atoms with Gasteiger partial charge in [0, 0.05) is 11.4 Å². The molecule has 0 bridgehead atoms. The Balaban J connectivity index is 2.18. The van der Waals surface area contributed by atoms with Gasteiger partial charge in [0.2, 0.25) is 11.8 Å². The second-order valence-electron chi connectivity index (χ2n) is 4.76. The zero-order valence-electron chi connectivity index (χ0n) is 12.4. The highest BCUT2D eigenvalue weighted by Gasteiger charge is 2.18. The van der Waals surface area contributed by atoms with Crippen molar-refractivity contribution in [3.63, 3.8) is 0 Å². The van der Waals surface area contributed by atoms with Crippen molar-refractivity contribution in [1.29, 1.82) is 5.26 Å². The SMILES string of the molecule is CC(=O)N(CC(=O)Nc1ccccc1C#N)c1ccccc1Br. The summed E-state index contributed by atoms with van der Waals surface area (Å²) >= 11 is 3.38. The van der Waals surface area contributed by atoms with Crippen molar-refractivity contribution in [3.8, 4) is 6.07 Å². The molecule has 2 aromatic rings. The van der Waals surface area contributed by atoms with E-state index in [4.69, 9.17) is 5.26 Å². The Kier molecular flexibility index (Phi) is 5.50. The maximum Gasteiger partial charge on any atom is 0.244 e. The van der Waals surface area contributed by atoms with Crippen molar-refractivity contribution in [2.24, 2.45) is 0 Å². The number of hydrogen-bond donors (Lipinski definition) is 1. The Hall–Kier alpha value is -2.65. The molecular formula is C17H14BrN3O2. The lowest BCUT2D eigenvalue weighted by Gasteiger charge is -2.22. The molecule has 0 fully saturated rings. The van der Waals surface area contributed by atoms with Crippen LogP contribution in [0, 0.1) is 11.3 Å². The maximum absolute atomic E-state index is 12.3. The van der Waals surface area contributed by atoms with E-state index < -0.39 is 0 Å². The molecule has 23 heavy (non-hydrogen) atoms. The first kappa shape index (κ1) is 16.7. The van der Waals surface area contributed by atoms with Gasteiger partial charge in [-0.15, -0.1) is 0 Å². The molecule has 0 saturated heterocycles. The molecule has 0 radical (unpaired) electrons. The van der Waals surface area contributed by atoms with Gasteiger partial charge in [0.05, 0.1) is 16.9 Å². The fraction of sp³-hybridized carbons (Fsp3) is 0.118. The number of rotatable bonds is 4. The zero-order chi connectivity index (χ0) is 16.8. The van der Waals surface area contributed by atoms with Crippen LogP contribution < -0.4 is 10.2 Å². The molecule has 0 saturated carbocycles. The second-order valence-corrected chi connectivity index (χ2v) is 5.62. The quantitative estimate of drug-likeness (QED) is 0.895. The molecular weight excluding hydrogens is 358 g/mol. The molecule has 2 aromatic carbocycles. The minimum absolute atomic E-state index is 0.141. The number of amides is 2. The minimum atomic E-state index is -0.376. The van der Waals surface area contributed by atoms with Gasteiger partial charge >= 0.3 is 0 Å². The molecule has 0 heterocycles. The number of benzene rings is 2. The third-order valence-electron chi connectivity index (χ3n) is 3.15. The van der Waals surface area contributed by atoms with Crippen LogP contribution in [0.4, 0.5) is 11.4 Å². The van der Waals surface area contributed by atoms with Gasteiger partial charge in [0.25, 0.3) is 0 Å². The van der Waals surface area contributed by atoms with Gasteiger partial charge in [0.1, 0.15) is 12.6 Å². The molecule has 5 nitrogen and oxygen atoms in total. The minimum Gasteiger partial charge on any atom is -0.323 e. The molecule has 6 heteroatoms. The van der Waals surface area contributed by atoms with Gasteiger partial charge in [-0.25, -0.2) is 0 Å². The number of halogens is 1. The van der Waals surface area contributed by atoms with Crippen molar-refractivity contribution >= 4 is 39.1 Å². The molecule has 0 unspecified atom stereocenters. The number of carbonyl (C=O) groups excluding carboxylic acids is 2. The molecule has 116 valence electrons. The Morgan fingerprint density at radius 3 is 2.48 bits per heavy atom. The topological polar surface area (TPSA) is 73.2 Å². The monoisotopic (exact) mass is 371 g/mol. The van der Waals surface area contributed by atoms with Crippen LogP contribution in [0.5, 0.6) is 0 Å². The first-order valence-corrected chi connectivity index (χ1v) is 7.64. The number of nitrogens with zero attached hydrogens (tertiary/aromatic N) is 2. The summed E-state index contributed by atoms with van der Waals surface area (Å²) in [4.78, 5) is 25.5. The average molecular weight is 372 g/mol. The molecule has 0 aliphatic rings. The van der Waals surface area contributed by atoms with E-state index in [2.05, 4.69) is 21.2 Å². The first-order valence-electron chi connectivity index (χ1n) is 6.84. The fourth-order valence-corrected chi connectivity index (χ4v) is 2.56. The Bertz CT molecular complexity index is 783. The van der Waals surface area contributed by atoms with Gasteiger partial charge in [-0.2, -0.15) is 5.26 Å². The van der Waals surface area contributed by atoms with E-state index in [9.17, 15) is 9.59 Å². The molecule has 2 amide bonds. The molecule has 0 atom stereocenters. The lowest BCUT2D eigenvalue weighted by Crippen LogP contribution is -2.37. The predicted molar refractivity (Wildman–Crippen MR) is 92.0 cm³/mol. The van der Waals surface area contributed by atoms with Crippen LogP contribution in [0.2, 0.25) is 0 Å². The average Bonchev–Trinajstić information content (AvgIpc) is 2.53. The number of hydrogen-bond acceptors (Lipinski definition) is 3. The number of nitrogens with one attached hydrogen (secondary N) is 1. The summed E-state index contributed by atoms with van der Waals surface area (Å²) in [5, 5.41) is 11.7. The summed E-state index contributed by atoms with van der Waals surface area (Å²) in [6.45, 7) is 1.26. The van der Waals surface area contributed by atoms with Crippen molar-refractivity contribution in [2.45, 2.75) is 6.92 Å². The third-order valence-corrected chi connectivity index (χ3v) is 3.82. The van der Waals surface area contributed by atoms with Crippen LogP contribution in [0.3, 0.4) is 0 Å². The van der Waals surface area contributed by atoms with E-state index >= 15 is 0 Å². The van der Waals surface area contributed by atoms with Gasteiger partial charge in [-0.05, 0) is 40.2 Å². The predicted octanol–water partition coefficient (Wildman–Crippen LogP) is 3.31. The van der Waals surface area contributed by atoms with Gasteiger partial charge in [-0.1, -0.05) is 24.3 Å². The van der Waals surface area contributed by atoms with Gasteiger partial charge in [-0.3, -0.25) is 9.59 Å². The van der Waals surface area contributed by atoms with Crippen molar-refractivity contribution < 1.29 is 9.59 Å². The van der Waals surface area contributed by atoms with E-state index in [1.54, 1.807) is 42.5 Å². The molecule has 0 aliphatic heterocycles. The summed E-state index contributed by atoms with van der Waals surface area (Å²) in [7, 11) is 0. The summed E-state index contributed by atoms with van der Waals surface area (Å²) in [6.07, 6.45) is 0. The Morgan fingerprint density at radius 2 is 1.83 bits per heavy atom. The highest BCUT2D eigenvalue weighted by molar-refractivity contribution is 9.10. The van der Waals surface area contributed by atoms with E-state index in [0.29, 0.717) is 16.9 Å². The van der Waals surface area contributed by atoms with Crippen molar-refractivity contribution in [3.05, 3.63) is 58.6 Å². The van der Waals surface area contributed by atoms with Crippen LogP contribution in [-0.2, 0) is 9.59 Å². The second kappa shape index (κ2) is 7.56. The lowest BCUT2D eigenvalue weighted by molar-refractivity contribution is -0.120. The zero-order valence-corrected chi connectivity index (χ0v) is 14.0. The normalized spacial score (nSPS) is 9.78. The maximum atomic E-state index is 12.3. The number of anilines is 2. The van der Waals surface area contributed by atoms with Crippen LogP contribution in [0.25, 0.3) is 0 Å². The largest absolute Gasteiger partial charge is 0.323 e. The Labute approximate surface area is 142 Å². The van der Waals surface area contributed by atoms with E-state index in [1.807, 2.05) is 12.1 Å². The van der Waals surface area contributed by atoms with Gasteiger partial charge < -0.3 is 10.2 Å². The highest BCUT2D eigenvalue weighted by atomic mass is 79.9. The number of nitriles is 1. The third kappa shape index (κ3) is 4.18. The highest BCUT2D eigenvalue weighted by Crippen LogP contribution is 2.26. The van der Waals surface area contributed by atoms with Crippen LogP contribution in [-0.4, -0.2) is 18.4 Å². The van der Waals surface area contributed by atoms with Gasteiger partial charge in [0.15, 0.2) is 0 Å². The molecule has 0 aliphatic carbocycles. The number of para-hydroxylation sites is 2. The summed E-state index contributed by atoms with van der Waals surface area (Å²) in [5.41, 5.74) is 1.41. The van der Waals surface area contributed by atoms with E-state index in [-0.39, 0.29) is 18.4 Å². The smallest absolute Gasteiger partial charge is 0.244 e. The molecule has 1 N–H and O–H groups in total. The van der Waals surface area contributed by atoms with Crippen LogP contribution in [0.15, 0.2) is 53.0 Å². The first-order chi connectivity index (χ1) is 11.0. The van der Waals surface area contributed by atoms with Crippen LogP contribution in [0.1, 0.15) is 12.5 Å². The van der Waals surface area contributed by atoms with Crippen LogP contribution >= 0.6 is 15.9 Å². The Morgan fingerprint density at radius 1 is 1.17 bits per heavy atom. The molecule has 2 rings (SSSR count). The van der Waals surface area contributed by atoms with Crippen molar-refractivity contribution in [2.75, 3.05) is 16.8 Å². The standard InChI is InChI=1S/C17H14BrN3O2/c1-12(22)21(16-9-5-3-7-14(16)18)11-17(23)20-15-8-4-2-6-13(15)10-19/h2-9H,11H2,1H3,(H,20,23). The lowest BCUT2D eigenvalue weighted by atomic mass is 10.2. The number of carbonyl (C=O) groups is 2. The van der Waals surface area contributed by atoms with Crippen molar-refractivity contribution in [1.82, 2.24) is 0 Å². The molecule has 0 aromatic heterocycles. The summed E-state index contributed by atoms with van der Waals surface area (Å²) in [5.74, 6) is -0.626.